The molecule has 122 valence electrons. The number of methoxy groups -OCH3 is 1. The van der Waals surface area contributed by atoms with Crippen LogP contribution < -0.4 is 9.04 Å². The van der Waals surface area contributed by atoms with Gasteiger partial charge in [-0.1, -0.05) is 18.2 Å². The van der Waals surface area contributed by atoms with Gasteiger partial charge in [0.2, 0.25) is 0 Å². The van der Waals surface area contributed by atoms with E-state index in [1.807, 2.05) is 0 Å². The summed E-state index contributed by atoms with van der Waals surface area (Å²) in [6.45, 7) is 1.93. The predicted molar refractivity (Wildman–Crippen MR) is 86.3 cm³/mol. The van der Waals surface area contributed by atoms with E-state index in [9.17, 15) is 18.5 Å². The lowest BCUT2D eigenvalue weighted by atomic mass is 10.3. The van der Waals surface area contributed by atoms with Crippen molar-refractivity contribution in [3.05, 3.63) is 58.6 Å². The number of anilines is 1. The Morgan fingerprint density at radius 2 is 1.83 bits per heavy atom. The van der Waals surface area contributed by atoms with Crippen molar-refractivity contribution < 1.29 is 18.1 Å². The molecular formula is C15H16N2O5S. The van der Waals surface area contributed by atoms with Crippen LogP contribution in [0.25, 0.3) is 0 Å². The Kier molecular flexibility index (Phi) is 4.85. The first-order chi connectivity index (χ1) is 10.9. The van der Waals surface area contributed by atoms with Gasteiger partial charge >= 0.3 is 0 Å². The molecule has 0 aliphatic carbocycles. The number of hydrogen-bond donors (Lipinski definition) is 0. The fourth-order valence-corrected chi connectivity index (χ4v) is 3.80. The topological polar surface area (TPSA) is 89.8 Å². The minimum Gasteiger partial charge on any atom is -0.495 e. The Morgan fingerprint density at radius 1 is 1.17 bits per heavy atom. The largest absolute Gasteiger partial charge is 0.495 e. The molecular weight excluding hydrogens is 320 g/mol. The molecule has 0 amide bonds. The molecule has 0 bridgehead atoms. The number of benzene rings is 2. The van der Waals surface area contributed by atoms with Gasteiger partial charge in [-0.2, -0.15) is 0 Å². The molecule has 0 fully saturated rings. The molecule has 0 unspecified atom stereocenters. The van der Waals surface area contributed by atoms with Crippen molar-refractivity contribution in [3.63, 3.8) is 0 Å². The van der Waals surface area contributed by atoms with Gasteiger partial charge in [0.15, 0.2) is 0 Å². The summed E-state index contributed by atoms with van der Waals surface area (Å²) in [4.78, 5) is 10.1. The lowest BCUT2D eigenvalue weighted by molar-refractivity contribution is -0.385. The summed E-state index contributed by atoms with van der Waals surface area (Å²) in [7, 11) is -2.63. The quantitative estimate of drug-likeness (QED) is 0.597. The van der Waals surface area contributed by atoms with Crippen LogP contribution in [-0.4, -0.2) is 27.0 Å². The second-order valence-electron chi connectivity index (χ2n) is 4.60. The zero-order valence-electron chi connectivity index (χ0n) is 12.7. The summed E-state index contributed by atoms with van der Waals surface area (Å²) in [5.41, 5.74) is 0.277. The van der Waals surface area contributed by atoms with E-state index < -0.39 is 14.9 Å². The number of nitrogens with zero attached hydrogens (tertiary/aromatic N) is 2. The normalized spacial score (nSPS) is 11.0. The third-order valence-corrected chi connectivity index (χ3v) is 5.20. The predicted octanol–water partition coefficient (Wildman–Crippen LogP) is 2.82. The van der Waals surface area contributed by atoms with Crippen LogP contribution in [-0.2, 0) is 10.0 Å². The van der Waals surface area contributed by atoms with Crippen molar-refractivity contribution >= 4 is 21.4 Å². The van der Waals surface area contributed by atoms with E-state index in [-0.39, 0.29) is 22.9 Å². The van der Waals surface area contributed by atoms with Crippen molar-refractivity contribution in [3.8, 4) is 5.75 Å². The van der Waals surface area contributed by atoms with E-state index in [0.29, 0.717) is 5.69 Å². The first-order valence-corrected chi connectivity index (χ1v) is 8.26. The molecule has 2 aromatic rings. The monoisotopic (exact) mass is 336 g/mol. The number of non-ortho nitro benzene ring substituents is 1. The first kappa shape index (κ1) is 16.8. The van der Waals surface area contributed by atoms with E-state index >= 15 is 0 Å². The van der Waals surface area contributed by atoms with Crippen LogP contribution in [0.5, 0.6) is 5.75 Å². The fourth-order valence-electron chi connectivity index (χ4n) is 2.19. The van der Waals surface area contributed by atoms with Gasteiger partial charge in [-0.3, -0.25) is 14.4 Å². The van der Waals surface area contributed by atoms with Gasteiger partial charge in [-0.15, -0.1) is 0 Å². The van der Waals surface area contributed by atoms with Gasteiger partial charge < -0.3 is 4.74 Å². The second kappa shape index (κ2) is 6.66. The summed E-state index contributed by atoms with van der Waals surface area (Å²) in [6, 6.07) is 12.1. The van der Waals surface area contributed by atoms with Gasteiger partial charge in [0.25, 0.3) is 15.7 Å². The Balaban J connectivity index is 2.56. The summed E-state index contributed by atoms with van der Waals surface area (Å²) >= 11 is 0. The van der Waals surface area contributed by atoms with E-state index in [4.69, 9.17) is 4.74 Å². The molecule has 0 saturated carbocycles. The van der Waals surface area contributed by atoms with Gasteiger partial charge in [-0.25, -0.2) is 8.42 Å². The summed E-state index contributed by atoms with van der Waals surface area (Å²) in [5, 5.41) is 10.8. The summed E-state index contributed by atoms with van der Waals surface area (Å²) in [6.07, 6.45) is 0. The highest BCUT2D eigenvalue weighted by atomic mass is 32.2. The summed E-state index contributed by atoms with van der Waals surface area (Å²) < 4.78 is 32.1. The Labute approximate surface area is 134 Å². The van der Waals surface area contributed by atoms with Crippen LogP contribution in [0.1, 0.15) is 6.92 Å². The Morgan fingerprint density at radius 3 is 2.35 bits per heavy atom. The molecule has 0 aliphatic rings. The molecule has 0 heterocycles. The van der Waals surface area contributed by atoms with Crippen molar-refractivity contribution in [1.82, 2.24) is 0 Å². The third kappa shape index (κ3) is 3.26. The maximum Gasteiger partial charge on any atom is 0.273 e. The lowest BCUT2D eigenvalue weighted by Gasteiger charge is -2.23. The minimum atomic E-state index is -3.90. The van der Waals surface area contributed by atoms with Crippen molar-refractivity contribution in [1.29, 1.82) is 0 Å². The average molecular weight is 336 g/mol. The molecule has 0 aromatic heterocycles. The van der Waals surface area contributed by atoms with Gasteiger partial charge in [-0.05, 0) is 25.1 Å². The zero-order valence-corrected chi connectivity index (χ0v) is 13.5. The molecule has 0 N–H and O–H groups in total. The standard InChI is InChI=1S/C15H16N2O5S/c1-3-16(12-7-5-4-6-8-12)23(20,21)15-10-9-13(17(18)19)11-14(15)22-2/h4-11H,3H2,1-2H3. The van der Waals surface area contributed by atoms with Crippen molar-refractivity contribution in [2.24, 2.45) is 0 Å². The number of para-hydroxylation sites is 1. The number of nitro groups is 1. The molecule has 2 rings (SSSR count). The molecule has 8 heteroatoms. The molecule has 0 saturated heterocycles. The molecule has 0 radical (unpaired) electrons. The van der Waals surface area contributed by atoms with E-state index in [2.05, 4.69) is 0 Å². The van der Waals surface area contributed by atoms with Crippen LogP contribution >= 0.6 is 0 Å². The fraction of sp³-hybridized carbons (Fsp3) is 0.200. The van der Waals surface area contributed by atoms with E-state index in [1.54, 1.807) is 37.3 Å². The van der Waals surface area contributed by atoms with Crippen molar-refractivity contribution in [2.45, 2.75) is 11.8 Å². The number of ether oxygens (including phenoxy) is 1. The zero-order chi connectivity index (χ0) is 17.0. The molecule has 0 spiro atoms. The molecule has 23 heavy (non-hydrogen) atoms. The van der Waals surface area contributed by atoms with Crippen LogP contribution in [0, 0.1) is 10.1 Å². The first-order valence-electron chi connectivity index (χ1n) is 6.82. The molecule has 7 nitrogen and oxygen atoms in total. The molecule has 2 aromatic carbocycles. The van der Waals surface area contributed by atoms with Crippen LogP contribution in [0.15, 0.2) is 53.4 Å². The van der Waals surface area contributed by atoms with Crippen LogP contribution in [0.3, 0.4) is 0 Å². The van der Waals surface area contributed by atoms with Gasteiger partial charge in [0, 0.05) is 12.6 Å². The molecule has 0 atom stereocenters. The SMILES string of the molecule is CCN(c1ccccc1)S(=O)(=O)c1ccc([N+](=O)[O-])cc1OC. The number of nitro benzene ring substituents is 1. The van der Waals surface area contributed by atoms with Crippen molar-refractivity contribution in [2.75, 3.05) is 18.0 Å². The van der Waals surface area contributed by atoms with Gasteiger partial charge in [0.1, 0.15) is 10.6 Å². The number of rotatable bonds is 6. The average Bonchev–Trinajstić information content (AvgIpc) is 2.55. The van der Waals surface area contributed by atoms with Gasteiger partial charge in [0.05, 0.1) is 23.8 Å². The maximum atomic E-state index is 12.9. The number of sulfonamides is 1. The van der Waals surface area contributed by atoms with Crippen LogP contribution in [0.4, 0.5) is 11.4 Å². The second-order valence-corrected chi connectivity index (χ2v) is 6.43. The Hall–Kier alpha value is -2.61. The maximum absolute atomic E-state index is 12.9. The third-order valence-electron chi connectivity index (χ3n) is 3.26. The van der Waals surface area contributed by atoms with Crippen LogP contribution in [0.2, 0.25) is 0 Å². The Bertz CT molecular complexity index is 806. The minimum absolute atomic E-state index is 0.0615. The lowest BCUT2D eigenvalue weighted by Crippen LogP contribution is -2.31. The highest BCUT2D eigenvalue weighted by Crippen LogP contribution is 2.32. The van der Waals surface area contributed by atoms with E-state index in [1.165, 1.54) is 17.5 Å². The smallest absolute Gasteiger partial charge is 0.273 e. The van der Waals surface area contributed by atoms with E-state index in [0.717, 1.165) is 12.1 Å². The summed E-state index contributed by atoms with van der Waals surface area (Å²) in [5.74, 6) is -0.0615. The highest BCUT2D eigenvalue weighted by molar-refractivity contribution is 7.93. The molecule has 0 aliphatic heterocycles. The highest BCUT2D eigenvalue weighted by Gasteiger charge is 2.28. The number of hydrogen-bond acceptors (Lipinski definition) is 5.